The van der Waals surface area contributed by atoms with E-state index in [9.17, 15) is 4.79 Å². The number of carbonyl (C=O) groups excluding carboxylic acids is 1. The van der Waals surface area contributed by atoms with Gasteiger partial charge >= 0.3 is 0 Å². The summed E-state index contributed by atoms with van der Waals surface area (Å²) in [6.07, 6.45) is 5.70. The molecule has 2 aromatic carbocycles. The quantitative estimate of drug-likeness (QED) is 0.735. The second-order valence-electron chi connectivity index (χ2n) is 6.60. The van der Waals surface area contributed by atoms with Gasteiger partial charge < -0.3 is 10.3 Å². The molecule has 1 aliphatic carbocycles. The maximum Gasteiger partial charge on any atom is 0.220 e. The van der Waals surface area contributed by atoms with E-state index in [0.717, 1.165) is 24.8 Å². The number of benzene rings is 2. The van der Waals surface area contributed by atoms with Crippen LogP contribution < -0.4 is 5.32 Å². The number of para-hydroxylation sites is 1. The average molecular weight is 318 g/mol. The van der Waals surface area contributed by atoms with Crippen LogP contribution in [-0.4, -0.2) is 17.4 Å². The smallest absolute Gasteiger partial charge is 0.220 e. The second-order valence-corrected chi connectivity index (χ2v) is 6.60. The Bertz CT molecular complexity index is 865. The molecule has 0 aliphatic heterocycles. The lowest BCUT2D eigenvalue weighted by molar-refractivity contribution is -0.121. The first-order chi connectivity index (χ1) is 11.8. The molecule has 0 saturated heterocycles. The third-order valence-corrected chi connectivity index (χ3v) is 5.08. The largest absolute Gasteiger partial charge is 0.361 e. The topological polar surface area (TPSA) is 44.9 Å². The molecule has 1 aliphatic rings. The first kappa shape index (κ1) is 15.0. The number of hydrogen-bond acceptors (Lipinski definition) is 1. The van der Waals surface area contributed by atoms with Crippen molar-refractivity contribution < 1.29 is 4.79 Å². The first-order valence-electron chi connectivity index (χ1n) is 8.71. The van der Waals surface area contributed by atoms with Gasteiger partial charge in [-0.25, -0.2) is 0 Å². The summed E-state index contributed by atoms with van der Waals surface area (Å²) in [7, 11) is 0. The van der Waals surface area contributed by atoms with Gasteiger partial charge in [0.1, 0.15) is 0 Å². The molecule has 0 bridgehead atoms. The number of amides is 1. The van der Waals surface area contributed by atoms with E-state index in [1.165, 1.54) is 22.1 Å². The molecule has 1 amide bonds. The molecule has 0 saturated carbocycles. The molecule has 4 rings (SSSR count). The Morgan fingerprint density at radius 2 is 1.96 bits per heavy atom. The number of carbonyl (C=O) groups is 1. The van der Waals surface area contributed by atoms with Crippen LogP contribution in [-0.2, 0) is 17.6 Å². The van der Waals surface area contributed by atoms with Crippen LogP contribution in [0.15, 0.2) is 54.7 Å². The number of aromatic amines is 1. The highest BCUT2D eigenvalue weighted by Crippen LogP contribution is 2.35. The Balaban J connectivity index is 1.31. The molecule has 3 heteroatoms. The Morgan fingerprint density at radius 1 is 1.12 bits per heavy atom. The normalized spacial score (nSPS) is 16.2. The third kappa shape index (κ3) is 2.94. The van der Waals surface area contributed by atoms with Gasteiger partial charge in [0.25, 0.3) is 0 Å². The minimum Gasteiger partial charge on any atom is -0.361 e. The van der Waals surface area contributed by atoms with E-state index in [2.05, 4.69) is 52.8 Å². The zero-order chi connectivity index (χ0) is 16.4. The summed E-state index contributed by atoms with van der Waals surface area (Å²) in [5.41, 5.74) is 5.19. The predicted molar refractivity (Wildman–Crippen MR) is 97.1 cm³/mol. The lowest BCUT2D eigenvalue weighted by atomic mass is 9.97. The van der Waals surface area contributed by atoms with Crippen molar-refractivity contribution in [2.24, 2.45) is 0 Å². The van der Waals surface area contributed by atoms with Crippen LogP contribution in [0.2, 0.25) is 0 Å². The number of rotatable bonds is 5. The van der Waals surface area contributed by atoms with Crippen molar-refractivity contribution in [2.75, 3.05) is 6.54 Å². The van der Waals surface area contributed by atoms with E-state index in [1.54, 1.807) is 0 Å². The maximum absolute atomic E-state index is 12.3. The van der Waals surface area contributed by atoms with Crippen molar-refractivity contribution in [3.63, 3.8) is 0 Å². The lowest BCUT2D eigenvalue weighted by Gasteiger charge is -2.11. The van der Waals surface area contributed by atoms with Gasteiger partial charge in [-0.3, -0.25) is 4.79 Å². The van der Waals surface area contributed by atoms with Crippen molar-refractivity contribution in [1.29, 1.82) is 0 Å². The molecular weight excluding hydrogens is 296 g/mol. The van der Waals surface area contributed by atoms with Crippen LogP contribution in [0.4, 0.5) is 0 Å². The van der Waals surface area contributed by atoms with E-state index in [4.69, 9.17) is 0 Å². The molecule has 0 radical (unpaired) electrons. The van der Waals surface area contributed by atoms with Gasteiger partial charge in [-0.1, -0.05) is 42.5 Å². The van der Waals surface area contributed by atoms with E-state index >= 15 is 0 Å². The molecule has 1 unspecified atom stereocenters. The SMILES string of the molecule is O=C(CC1CCc2ccccc21)NCCc1c[nH]c2ccccc12. The molecule has 1 atom stereocenters. The third-order valence-electron chi connectivity index (χ3n) is 5.08. The monoisotopic (exact) mass is 318 g/mol. The van der Waals surface area contributed by atoms with Crippen LogP contribution in [0.5, 0.6) is 0 Å². The zero-order valence-electron chi connectivity index (χ0n) is 13.7. The summed E-state index contributed by atoms with van der Waals surface area (Å²) < 4.78 is 0. The van der Waals surface area contributed by atoms with Crippen LogP contribution in [0.25, 0.3) is 10.9 Å². The number of aromatic nitrogens is 1. The Kier molecular flexibility index (Phi) is 4.08. The van der Waals surface area contributed by atoms with Gasteiger partial charge in [0.05, 0.1) is 0 Å². The molecule has 0 spiro atoms. The highest BCUT2D eigenvalue weighted by molar-refractivity contribution is 5.83. The van der Waals surface area contributed by atoms with E-state index in [1.807, 2.05) is 12.3 Å². The molecule has 1 aromatic heterocycles. The molecule has 122 valence electrons. The molecule has 3 aromatic rings. The van der Waals surface area contributed by atoms with Crippen molar-refractivity contribution >= 4 is 16.8 Å². The molecule has 0 fully saturated rings. The summed E-state index contributed by atoms with van der Waals surface area (Å²) >= 11 is 0. The summed E-state index contributed by atoms with van der Waals surface area (Å²) in [5.74, 6) is 0.547. The predicted octanol–water partition coefficient (Wildman–Crippen LogP) is 3.95. The Hall–Kier alpha value is -2.55. The molecule has 3 nitrogen and oxygen atoms in total. The van der Waals surface area contributed by atoms with Gasteiger partial charge in [0.2, 0.25) is 5.91 Å². The fraction of sp³-hybridized carbons (Fsp3) is 0.286. The van der Waals surface area contributed by atoms with Crippen LogP contribution in [0.3, 0.4) is 0 Å². The van der Waals surface area contributed by atoms with Crippen molar-refractivity contribution in [1.82, 2.24) is 10.3 Å². The Morgan fingerprint density at radius 3 is 2.92 bits per heavy atom. The molecular formula is C21H22N2O. The van der Waals surface area contributed by atoms with Crippen molar-refractivity contribution in [3.05, 3.63) is 71.4 Å². The Labute approximate surface area is 142 Å². The lowest BCUT2D eigenvalue weighted by Crippen LogP contribution is -2.26. The highest BCUT2D eigenvalue weighted by Gasteiger charge is 2.23. The minimum absolute atomic E-state index is 0.163. The van der Waals surface area contributed by atoms with Crippen molar-refractivity contribution in [3.8, 4) is 0 Å². The summed E-state index contributed by atoms with van der Waals surface area (Å²) in [4.78, 5) is 15.6. The zero-order valence-corrected chi connectivity index (χ0v) is 13.7. The van der Waals surface area contributed by atoms with Gasteiger partial charge in [-0.15, -0.1) is 0 Å². The molecule has 24 heavy (non-hydrogen) atoms. The van der Waals surface area contributed by atoms with E-state index < -0.39 is 0 Å². The molecule has 1 heterocycles. The number of nitrogens with one attached hydrogen (secondary N) is 2. The summed E-state index contributed by atoms with van der Waals surface area (Å²) in [5, 5.41) is 4.34. The van der Waals surface area contributed by atoms with Gasteiger partial charge in [0.15, 0.2) is 0 Å². The van der Waals surface area contributed by atoms with Gasteiger partial charge in [-0.2, -0.15) is 0 Å². The number of fused-ring (bicyclic) bond motifs is 2. The first-order valence-corrected chi connectivity index (χ1v) is 8.71. The van der Waals surface area contributed by atoms with E-state index in [0.29, 0.717) is 18.9 Å². The van der Waals surface area contributed by atoms with E-state index in [-0.39, 0.29) is 5.91 Å². The number of aryl methyl sites for hydroxylation is 1. The fourth-order valence-corrected chi connectivity index (χ4v) is 3.83. The summed E-state index contributed by atoms with van der Waals surface area (Å²) in [6, 6.07) is 16.8. The highest BCUT2D eigenvalue weighted by atomic mass is 16.1. The van der Waals surface area contributed by atoms with Gasteiger partial charge in [0, 0.05) is 30.1 Å². The second kappa shape index (κ2) is 6.52. The van der Waals surface area contributed by atoms with Crippen LogP contribution in [0.1, 0.15) is 35.4 Å². The fourth-order valence-electron chi connectivity index (χ4n) is 3.83. The number of H-pyrrole nitrogens is 1. The van der Waals surface area contributed by atoms with Crippen LogP contribution >= 0.6 is 0 Å². The average Bonchev–Trinajstić information content (AvgIpc) is 3.20. The minimum atomic E-state index is 0.163. The number of hydrogen-bond donors (Lipinski definition) is 2. The van der Waals surface area contributed by atoms with Crippen molar-refractivity contribution in [2.45, 2.75) is 31.6 Å². The molecule has 2 N–H and O–H groups in total. The summed E-state index contributed by atoms with van der Waals surface area (Å²) in [6.45, 7) is 0.690. The van der Waals surface area contributed by atoms with Crippen LogP contribution in [0, 0.1) is 0 Å². The van der Waals surface area contributed by atoms with Gasteiger partial charge in [-0.05, 0) is 47.9 Å². The standard InChI is InChI=1S/C21H22N2O/c24-21(13-16-10-9-15-5-1-2-6-18(15)16)22-12-11-17-14-23-20-8-4-3-7-19(17)20/h1-8,14,16,23H,9-13H2,(H,22,24). The maximum atomic E-state index is 12.3.